The highest BCUT2D eigenvalue weighted by atomic mass is 16.5. The molecule has 4 nitrogen and oxygen atoms in total. The van der Waals surface area contributed by atoms with Crippen molar-refractivity contribution < 1.29 is 9.53 Å². The van der Waals surface area contributed by atoms with Gasteiger partial charge in [0.05, 0.1) is 13.2 Å². The maximum absolute atomic E-state index is 12.3. The number of methoxy groups -OCH3 is 1. The average molecular weight is 296 g/mol. The van der Waals surface area contributed by atoms with Gasteiger partial charge in [0.25, 0.3) is 0 Å². The van der Waals surface area contributed by atoms with E-state index in [2.05, 4.69) is 22.8 Å². The molecule has 22 heavy (non-hydrogen) atoms. The summed E-state index contributed by atoms with van der Waals surface area (Å²) < 4.78 is 5.16. The van der Waals surface area contributed by atoms with Gasteiger partial charge < -0.3 is 15.4 Å². The lowest BCUT2D eigenvalue weighted by Crippen LogP contribution is -2.33. The number of carbonyl (C=O) groups excluding carboxylic acids is 1. The monoisotopic (exact) mass is 296 g/mol. The van der Waals surface area contributed by atoms with Gasteiger partial charge in [-0.15, -0.1) is 0 Å². The number of hydrogen-bond donors (Lipinski definition) is 2. The van der Waals surface area contributed by atoms with Gasteiger partial charge in [-0.3, -0.25) is 0 Å². The van der Waals surface area contributed by atoms with E-state index < -0.39 is 0 Å². The molecule has 1 saturated carbocycles. The van der Waals surface area contributed by atoms with Gasteiger partial charge in [-0.25, -0.2) is 4.79 Å². The summed E-state index contributed by atoms with van der Waals surface area (Å²) in [6.07, 6.45) is 2.33. The zero-order chi connectivity index (χ0) is 15.4. The third-order valence-corrected chi connectivity index (χ3v) is 3.87. The number of amides is 2. The topological polar surface area (TPSA) is 50.4 Å². The Morgan fingerprint density at radius 3 is 2.59 bits per heavy atom. The minimum Gasteiger partial charge on any atom is -0.497 e. The van der Waals surface area contributed by atoms with Crippen molar-refractivity contribution in [3.05, 3.63) is 60.2 Å². The van der Waals surface area contributed by atoms with Crippen LogP contribution in [0.3, 0.4) is 0 Å². The number of carbonyl (C=O) groups is 1. The van der Waals surface area contributed by atoms with Crippen LogP contribution in [0.5, 0.6) is 5.75 Å². The molecule has 2 amide bonds. The molecule has 1 aliphatic carbocycles. The van der Waals surface area contributed by atoms with Gasteiger partial charge in [-0.2, -0.15) is 0 Å². The fourth-order valence-electron chi connectivity index (χ4n) is 2.57. The van der Waals surface area contributed by atoms with E-state index in [1.807, 2.05) is 36.4 Å². The molecule has 1 atom stereocenters. The summed E-state index contributed by atoms with van der Waals surface area (Å²) in [6.45, 7) is 0. The van der Waals surface area contributed by atoms with Crippen molar-refractivity contribution in [2.45, 2.75) is 18.9 Å². The molecule has 1 aliphatic rings. The fraction of sp³-hybridized carbons (Fsp3) is 0.278. The van der Waals surface area contributed by atoms with E-state index in [0.717, 1.165) is 17.0 Å². The van der Waals surface area contributed by atoms with Crippen LogP contribution in [0.1, 0.15) is 24.4 Å². The number of ether oxygens (including phenoxy) is 1. The Morgan fingerprint density at radius 2 is 1.91 bits per heavy atom. The summed E-state index contributed by atoms with van der Waals surface area (Å²) in [7, 11) is 1.61. The molecular formula is C18H20N2O2. The van der Waals surface area contributed by atoms with Crippen molar-refractivity contribution in [1.29, 1.82) is 0 Å². The van der Waals surface area contributed by atoms with Crippen LogP contribution in [0.2, 0.25) is 0 Å². The number of rotatable bonds is 5. The summed E-state index contributed by atoms with van der Waals surface area (Å²) in [5, 5.41) is 5.96. The molecule has 0 spiro atoms. The van der Waals surface area contributed by atoms with E-state index in [1.54, 1.807) is 13.2 Å². The van der Waals surface area contributed by atoms with Gasteiger partial charge in [-0.05, 0) is 36.5 Å². The molecule has 114 valence electrons. The van der Waals surface area contributed by atoms with Crippen molar-refractivity contribution in [1.82, 2.24) is 5.32 Å². The summed E-state index contributed by atoms with van der Waals surface area (Å²) in [6, 6.07) is 17.4. The smallest absolute Gasteiger partial charge is 0.319 e. The van der Waals surface area contributed by atoms with Crippen molar-refractivity contribution in [2.75, 3.05) is 12.4 Å². The molecule has 2 N–H and O–H groups in total. The van der Waals surface area contributed by atoms with E-state index in [9.17, 15) is 4.79 Å². The molecule has 4 heteroatoms. The van der Waals surface area contributed by atoms with E-state index in [0.29, 0.717) is 5.92 Å². The predicted molar refractivity (Wildman–Crippen MR) is 87.1 cm³/mol. The lowest BCUT2D eigenvalue weighted by molar-refractivity contribution is 0.247. The summed E-state index contributed by atoms with van der Waals surface area (Å²) in [5.41, 5.74) is 1.88. The number of anilines is 1. The maximum Gasteiger partial charge on any atom is 0.319 e. The van der Waals surface area contributed by atoms with Gasteiger partial charge in [0, 0.05) is 11.8 Å². The molecule has 1 fully saturated rings. The molecule has 0 aliphatic heterocycles. The van der Waals surface area contributed by atoms with Crippen molar-refractivity contribution in [3.63, 3.8) is 0 Å². The highest BCUT2D eigenvalue weighted by molar-refractivity contribution is 5.89. The lowest BCUT2D eigenvalue weighted by Gasteiger charge is -2.19. The standard InChI is InChI=1S/C18H20N2O2/c1-22-16-9-5-8-15(12-16)19-18(21)20-17(14-10-11-14)13-6-3-2-4-7-13/h2-9,12,14,17H,10-11H2,1H3,(H2,19,20,21). The number of benzene rings is 2. The Balaban J connectivity index is 1.66. The van der Waals surface area contributed by atoms with Crippen molar-refractivity contribution in [2.24, 2.45) is 5.92 Å². The van der Waals surface area contributed by atoms with Gasteiger partial charge in [0.1, 0.15) is 5.75 Å². The molecule has 0 aromatic heterocycles. The summed E-state index contributed by atoms with van der Waals surface area (Å²) in [4.78, 5) is 12.3. The van der Waals surface area contributed by atoms with Crippen molar-refractivity contribution >= 4 is 11.7 Å². The molecule has 0 radical (unpaired) electrons. The Labute approximate surface area is 130 Å². The Morgan fingerprint density at radius 1 is 1.14 bits per heavy atom. The van der Waals surface area contributed by atoms with Gasteiger partial charge in [0.2, 0.25) is 0 Å². The normalized spacial score (nSPS) is 15.0. The van der Waals surface area contributed by atoms with Crippen LogP contribution in [0.25, 0.3) is 0 Å². The van der Waals surface area contributed by atoms with Crippen LogP contribution in [0, 0.1) is 5.92 Å². The summed E-state index contributed by atoms with van der Waals surface area (Å²) >= 11 is 0. The highest BCUT2D eigenvalue weighted by Crippen LogP contribution is 2.40. The minimum atomic E-state index is -0.186. The maximum atomic E-state index is 12.3. The number of urea groups is 1. The molecule has 2 aromatic rings. The van der Waals surface area contributed by atoms with E-state index in [1.165, 1.54) is 12.8 Å². The predicted octanol–water partition coefficient (Wildman–Crippen LogP) is 3.97. The molecule has 1 unspecified atom stereocenters. The van der Waals surface area contributed by atoms with Crippen LogP contribution in [0.15, 0.2) is 54.6 Å². The van der Waals surface area contributed by atoms with Crippen molar-refractivity contribution in [3.8, 4) is 5.75 Å². The lowest BCUT2D eigenvalue weighted by atomic mass is 10.0. The van der Waals surface area contributed by atoms with Crippen LogP contribution in [-0.4, -0.2) is 13.1 Å². The zero-order valence-electron chi connectivity index (χ0n) is 12.6. The van der Waals surface area contributed by atoms with Crippen LogP contribution in [0.4, 0.5) is 10.5 Å². The first kappa shape index (κ1) is 14.4. The van der Waals surface area contributed by atoms with Gasteiger partial charge >= 0.3 is 6.03 Å². The fourth-order valence-corrected chi connectivity index (χ4v) is 2.57. The molecular weight excluding hydrogens is 276 g/mol. The third-order valence-electron chi connectivity index (χ3n) is 3.87. The van der Waals surface area contributed by atoms with E-state index in [-0.39, 0.29) is 12.1 Å². The van der Waals surface area contributed by atoms with E-state index >= 15 is 0 Å². The van der Waals surface area contributed by atoms with Crippen LogP contribution in [-0.2, 0) is 0 Å². The van der Waals surface area contributed by atoms with E-state index in [4.69, 9.17) is 4.74 Å². The first-order chi connectivity index (χ1) is 10.8. The summed E-state index contributed by atoms with van der Waals surface area (Å²) in [5.74, 6) is 1.26. The third kappa shape index (κ3) is 3.58. The molecule has 3 rings (SSSR count). The SMILES string of the molecule is COc1cccc(NC(=O)NC(c2ccccc2)C2CC2)c1. The van der Waals surface area contributed by atoms with Gasteiger partial charge in [-0.1, -0.05) is 36.4 Å². The molecule has 0 heterocycles. The molecule has 0 saturated heterocycles. The number of hydrogen-bond acceptors (Lipinski definition) is 2. The first-order valence-corrected chi connectivity index (χ1v) is 7.53. The second-order valence-electron chi connectivity index (χ2n) is 5.56. The van der Waals surface area contributed by atoms with Crippen LogP contribution < -0.4 is 15.4 Å². The molecule has 2 aromatic carbocycles. The Bertz CT molecular complexity index is 639. The minimum absolute atomic E-state index is 0.0757. The second-order valence-corrected chi connectivity index (χ2v) is 5.56. The Kier molecular flexibility index (Phi) is 4.28. The zero-order valence-corrected chi connectivity index (χ0v) is 12.6. The second kappa shape index (κ2) is 6.52. The van der Waals surface area contributed by atoms with Gasteiger partial charge in [0.15, 0.2) is 0 Å². The quantitative estimate of drug-likeness (QED) is 0.877. The first-order valence-electron chi connectivity index (χ1n) is 7.53. The highest BCUT2D eigenvalue weighted by Gasteiger charge is 2.33. The largest absolute Gasteiger partial charge is 0.497 e. The average Bonchev–Trinajstić information content (AvgIpc) is 3.38. The Hall–Kier alpha value is -2.49. The van der Waals surface area contributed by atoms with Crippen LogP contribution >= 0.6 is 0 Å². The number of nitrogens with one attached hydrogen (secondary N) is 2. The molecule has 0 bridgehead atoms.